The van der Waals surface area contributed by atoms with E-state index < -0.39 is 0 Å². The van der Waals surface area contributed by atoms with Crippen LogP contribution in [0.5, 0.6) is 0 Å². The van der Waals surface area contributed by atoms with Gasteiger partial charge in [0.15, 0.2) is 11.5 Å². The topological polar surface area (TPSA) is 66.5 Å². The van der Waals surface area contributed by atoms with Gasteiger partial charge in [0.1, 0.15) is 11.8 Å². The fourth-order valence-corrected chi connectivity index (χ4v) is 2.92. The Morgan fingerprint density at radius 1 is 1.37 bits per heavy atom. The molecule has 3 heterocycles. The van der Waals surface area contributed by atoms with Crippen molar-refractivity contribution in [1.29, 1.82) is 0 Å². The molecule has 1 unspecified atom stereocenters. The quantitative estimate of drug-likeness (QED) is 0.748. The highest BCUT2D eigenvalue weighted by atomic mass is 32.1. The average Bonchev–Trinajstić information content (AvgIpc) is 3.10. The third kappa shape index (κ3) is 2.44. The predicted octanol–water partition coefficient (Wildman–Crippen LogP) is 3.37. The Morgan fingerprint density at radius 3 is 3.11 bits per heavy atom. The van der Waals surface area contributed by atoms with Crippen LogP contribution in [0.15, 0.2) is 30.2 Å². The van der Waals surface area contributed by atoms with Crippen molar-refractivity contribution in [2.45, 2.75) is 25.8 Å². The maximum atomic E-state index is 4.32. The lowest BCUT2D eigenvalue weighted by Crippen LogP contribution is -2.10. The number of aromatic amines is 1. The molecular formula is C13H15N5S. The van der Waals surface area contributed by atoms with Gasteiger partial charge < -0.3 is 10.3 Å². The molecule has 5 nitrogen and oxygen atoms in total. The number of H-pyrrole nitrogens is 1. The van der Waals surface area contributed by atoms with E-state index in [0.29, 0.717) is 5.65 Å². The minimum Gasteiger partial charge on any atom is -0.361 e. The summed E-state index contributed by atoms with van der Waals surface area (Å²) in [5.41, 5.74) is 1.55. The molecule has 2 N–H and O–H groups in total. The molecule has 0 fully saturated rings. The summed E-state index contributed by atoms with van der Waals surface area (Å²) in [4.78, 5) is 17.0. The Labute approximate surface area is 115 Å². The van der Waals surface area contributed by atoms with Crippen LogP contribution in [-0.4, -0.2) is 19.9 Å². The SMILES string of the molecule is CCCC(Nc1ncnc2nc[nH]c12)c1cccs1. The Kier molecular flexibility index (Phi) is 3.41. The maximum Gasteiger partial charge on any atom is 0.182 e. The van der Waals surface area contributed by atoms with E-state index in [1.807, 2.05) is 0 Å². The van der Waals surface area contributed by atoms with Gasteiger partial charge in [0.2, 0.25) is 0 Å². The Hall–Kier alpha value is -1.95. The fraction of sp³-hybridized carbons (Fsp3) is 0.308. The summed E-state index contributed by atoms with van der Waals surface area (Å²) >= 11 is 1.77. The molecular weight excluding hydrogens is 258 g/mol. The monoisotopic (exact) mass is 273 g/mol. The molecule has 0 bridgehead atoms. The second-order valence-corrected chi connectivity index (χ2v) is 5.30. The van der Waals surface area contributed by atoms with Gasteiger partial charge >= 0.3 is 0 Å². The van der Waals surface area contributed by atoms with Crippen LogP contribution in [0, 0.1) is 0 Å². The van der Waals surface area contributed by atoms with Crippen LogP contribution >= 0.6 is 11.3 Å². The van der Waals surface area contributed by atoms with Gasteiger partial charge in [-0.15, -0.1) is 11.3 Å². The van der Waals surface area contributed by atoms with Crippen molar-refractivity contribution in [2.75, 3.05) is 5.32 Å². The molecule has 1 atom stereocenters. The lowest BCUT2D eigenvalue weighted by molar-refractivity contribution is 0.685. The number of imidazole rings is 1. The van der Waals surface area contributed by atoms with Crippen LogP contribution in [0.2, 0.25) is 0 Å². The molecule has 6 heteroatoms. The van der Waals surface area contributed by atoms with E-state index in [2.05, 4.69) is 49.7 Å². The zero-order valence-corrected chi connectivity index (χ0v) is 11.4. The highest BCUT2D eigenvalue weighted by Crippen LogP contribution is 2.28. The molecule has 0 aliphatic carbocycles. The first-order valence-corrected chi connectivity index (χ1v) is 7.20. The van der Waals surface area contributed by atoms with Gasteiger partial charge in [-0.2, -0.15) is 0 Å². The number of thiophene rings is 1. The summed E-state index contributed by atoms with van der Waals surface area (Å²) in [5.74, 6) is 0.814. The van der Waals surface area contributed by atoms with E-state index in [1.54, 1.807) is 24.0 Å². The van der Waals surface area contributed by atoms with Gasteiger partial charge in [-0.3, -0.25) is 0 Å². The van der Waals surface area contributed by atoms with Gasteiger partial charge in [-0.25, -0.2) is 15.0 Å². The van der Waals surface area contributed by atoms with Gasteiger partial charge in [0.05, 0.1) is 12.4 Å². The molecule has 3 aromatic rings. The molecule has 0 saturated carbocycles. The van der Waals surface area contributed by atoms with Crippen LogP contribution in [0.25, 0.3) is 11.2 Å². The molecule has 3 aromatic heterocycles. The summed E-state index contributed by atoms with van der Waals surface area (Å²) < 4.78 is 0. The zero-order valence-electron chi connectivity index (χ0n) is 10.6. The largest absolute Gasteiger partial charge is 0.361 e. The Balaban J connectivity index is 1.91. The number of anilines is 1. The molecule has 0 radical (unpaired) electrons. The predicted molar refractivity (Wildman–Crippen MR) is 77.3 cm³/mol. The number of fused-ring (bicyclic) bond motifs is 1. The maximum absolute atomic E-state index is 4.32. The lowest BCUT2D eigenvalue weighted by atomic mass is 10.1. The van der Waals surface area contributed by atoms with Crippen molar-refractivity contribution in [3.8, 4) is 0 Å². The van der Waals surface area contributed by atoms with Crippen molar-refractivity contribution >= 4 is 28.3 Å². The summed E-state index contributed by atoms with van der Waals surface area (Å²) in [6, 6.07) is 4.52. The van der Waals surface area contributed by atoms with Crippen molar-refractivity contribution in [2.24, 2.45) is 0 Å². The molecule has 0 amide bonds. The second-order valence-electron chi connectivity index (χ2n) is 4.32. The number of nitrogens with one attached hydrogen (secondary N) is 2. The number of aromatic nitrogens is 4. The molecule has 0 spiro atoms. The first kappa shape index (κ1) is 12.1. The van der Waals surface area contributed by atoms with E-state index in [0.717, 1.165) is 24.2 Å². The number of nitrogens with zero attached hydrogens (tertiary/aromatic N) is 3. The molecule has 0 aromatic carbocycles. The van der Waals surface area contributed by atoms with Crippen molar-refractivity contribution < 1.29 is 0 Å². The summed E-state index contributed by atoms with van der Waals surface area (Å²) in [6.45, 7) is 2.19. The number of hydrogen-bond donors (Lipinski definition) is 2. The summed E-state index contributed by atoms with van der Waals surface area (Å²) in [7, 11) is 0. The van der Waals surface area contributed by atoms with E-state index in [9.17, 15) is 0 Å². The first-order chi connectivity index (χ1) is 9.38. The second kappa shape index (κ2) is 5.36. The summed E-state index contributed by atoms with van der Waals surface area (Å²) in [6.07, 6.45) is 5.38. The number of rotatable bonds is 5. The third-order valence-electron chi connectivity index (χ3n) is 3.00. The van der Waals surface area contributed by atoms with Gasteiger partial charge in [-0.05, 0) is 17.9 Å². The normalized spacial score (nSPS) is 12.7. The molecule has 98 valence electrons. The summed E-state index contributed by atoms with van der Waals surface area (Å²) in [5, 5.41) is 5.60. The van der Waals surface area contributed by atoms with Crippen LogP contribution in [-0.2, 0) is 0 Å². The highest BCUT2D eigenvalue weighted by molar-refractivity contribution is 7.10. The first-order valence-electron chi connectivity index (χ1n) is 6.32. The van der Waals surface area contributed by atoms with Crippen LogP contribution in [0.3, 0.4) is 0 Å². The minimum atomic E-state index is 0.284. The van der Waals surface area contributed by atoms with Crippen molar-refractivity contribution in [1.82, 2.24) is 19.9 Å². The van der Waals surface area contributed by atoms with Crippen LogP contribution in [0.1, 0.15) is 30.7 Å². The zero-order chi connectivity index (χ0) is 13.1. The Bertz CT molecular complexity index is 646. The third-order valence-corrected chi connectivity index (χ3v) is 3.98. The number of hydrogen-bond acceptors (Lipinski definition) is 5. The van der Waals surface area contributed by atoms with Crippen molar-refractivity contribution in [3.63, 3.8) is 0 Å². The highest BCUT2D eigenvalue weighted by Gasteiger charge is 2.14. The minimum absolute atomic E-state index is 0.284. The molecule has 0 aliphatic rings. The van der Waals surface area contributed by atoms with Gasteiger partial charge in [0.25, 0.3) is 0 Å². The van der Waals surface area contributed by atoms with E-state index in [-0.39, 0.29) is 6.04 Å². The van der Waals surface area contributed by atoms with Crippen LogP contribution < -0.4 is 5.32 Å². The molecule has 0 aliphatic heterocycles. The van der Waals surface area contributed by atoms with E-state index >= 15 is 0 Å². The molecule has 19 heavy (non-hydrogen) atoms. The smallest absolute Gasteiger partial charge is 0.182 e. The fourth-order valence-electron chi connectivity index (χ4n) is 2.10. The van der Waals surface area contributed by atoms with E-state index in [1.165, 1.54) is 4.88 Å². The van der Waals surface area contributed by atoms with Crippen LogP contribution in [0.4, 0.5) is 5.82 Å². The van der Waals surface area contributed by atoms with Crippen molar-refractivity contribution in [3.05, 3.63) is 35.0 Å². The average molecular weight is 273 g/mol. The van der Waals surface area contributed by atoms with Gasteiger partial charge in [-0.1, -0.05) is 19.4 Å². The molecule has 0 saturated heterocycles. The lowest BCUT2D eigenvalue weighted by Gasteiger charge is -2.17. The Morgan fingerprint density at radius 2 is 2.32 bits per heavy atom. The van der Waals surface area contributed by atoms with Gasteiger partial charge in [0, 0.05) is 4.88 Å². The standard InChI is InChI=1S/C13H15N5S/c1-2-4-9(10-5-3-6-19-10)18-13-11-12(15-7-14-11)16-8-17-13/h3,5-9H,2,4H2,1H3,(H2,14,15,16,17,18). The van der Waals surface area contributed by atoms with E-state index in [4.69, 9.17) is 0 Å². The molecule has 3 rings (SSSR count).